The Morgan fingerprint density at radius 1 is 1.32 bits per heavy atom. The first-order valence-electron chi connectivity index (χ1n) is 8.64. The molecule has 1 aromatic rings. The molecule has 0 saturated carbocycles. The highest BCUT2D eigenvalue weighted by Gasteiger charge is 2.40. The number of anilines is 1. The number of fused-ring (bicyclic) bond motifs is 1. The zero-order valence-corrected chi connectivity index (χ0v) is 15.4. The molecule has 1 fully saturated rings. The van der Waals surface area contributed by atoms with E-state index in [9.17, 15) is 14.7 Å². The smallest absolute Gasteiger partial charge is 0.410 e. The van der Waals surface area contributed by atoms with Gasteiger partial charge in [0, 0.05) is 12.5 Å². The molecule has 2 aliphatic rings. The summed E-state index contributed by atoms with van der Waals surface area (Å²) < 4.78 is 7.33. The van der Waals surface area contributed by atoms with Crippen LogP contribution in [0.4, 0.5) is 10.5 Å². The molecule has 0 aromatic carbocycles. The van der Waals surface area contributed by atoms with E-state index >= 15 is 0 Å². The van der Waals surface area contributed by atoms with Gasteiger partial charge in [-0.2, -0.15) is 5.10 Å². The first-order chi connectivity index (χ1) is 11.6. The lowest BCUT2D eigenvalue weighted by atomic mass is 10.1. The van der Waals surface area contributed by atoms with Crippen molar-refractivity contribution in [1.29, 1.82) is 0 Å². The fraction of sp³-hybridized carbons (Fsp3) is 0.706. The number of aliphatic hydroxyl groups excluding tert-OH is 1. The highest BCUT2D eigenvalue weighted by molar-refractivity contribution is 5.99. The van der Waals surface area contributed by atoms with Gasteiger partial charge in [0.2, 0.25) is 0 Å². The van der Waals surface area contributed by atoms with Gasteiger partial charge < -0.3 is 14.7 Å². The summed E-state index contributed by atoms with van der Waals surface area (Å²) in [7, 11) is 0. The van der Waals surface area contributed by atoms with Crippen LogP contribution in [-0.2, 0) is 22.6 Å². The molecule has 0 spiro atoms. The van der Waals surface area contributed by atoms with Crippen LogP contribution in [0.25, 0.3) is 0 Å². The predicted molar refractivity (Wildman–Crippen MR) is 91.0 cm³/mol. The van der Waals surface area contributed by atoms with Crippen molar-refractivity contribution >= 4 is 17.7 Å². The van der Waals surface area contributed by atoms with Crippen LogP contribution in [0.3, 0.4) is 0 Å². The van der Waals surface area contributed by atoms with Crippen molar-refractivity contribution in [2.75, 3.05) is 4.90 Å². The Morgan fingerprint density at radius 3 is 2.56 bits per heavy atom. The molecule has 3 rings (SSSR count). The Labute approximate surface area is 147 Å². The maximum Gasteiger partial charge on any atom is 0.410 e. The molecule has 1 N–H and O–H groups in total. The lowest BCUT2D eigenvalue weighted by Crippen LogP contribution is -2.47. The van der Waals surface area contributed by atoms with Gasteiger partial charge in [-0.1, -0.05) is 0 Å². The van der Waals surface area contributed by atoms with Crippen LogP contribution in [0.2, 0.25) is 0 Å². The largest absolute Gasteiger partial charge is 0.444 e. The summed E-state index contributed by atoms with van der Waals surface area (Å²) in [6, 6.07) is -0.168. The van der Waals surface area contributed by atoms with Crippen LogP contribution in [0, 0.1) is 0 Å². The topological polar surface area (TPSA) is 87.9 Å². The lowest BCUT2D eigenvalue weighted by molar-refractivity contribution is -0.124. The van der Waals surface area contributed by atoms with Crippen molar-refractivity contribution in [1.82, 2.24) is 14.7 Å². The number of hydrogen-bond acceptors (Lipinski definition) is 5. The Morgan fingerprint density at radius 2 is 2.00 bits per heavy atom. The minimum Gasteiger partial charge on any atom is -0.444 e. The van der Waals surface area contributed by atoms with Gasteiger partial charge in [-0.05, 0) is 34.6 Å². The highest BCUT2D eigenvalue weighted by atomic mass is 16.6. The minimum absolute atomic E-state index is 0.0626. The fourth-order valence-electron chi connectivity index (χ4n) is 3.42. The summed E-state index contributed by atoms with van der Waals surface area (Å²) >= 11 is 0. The summed E-state index contributed by atoms with van der Waals surface area (Å²) in [4.78, 5) is 28.1. The molecule has 8 nitrogen and oxygen atoms in total. The number of rotatable bonds is 1. The molecule has 25 heavy (non-hydrogen) atoms. The maximum atomic E-state index is 12.5. The number of carbonyl (C=O) groups excluding carboxylic acids is 2. The maximum absolute atomic E-state index is 12.5. The molecule has 3 atom stereocenters. The van der Waals surface area contributed by atoms with Crippen LogP contribution >= 0.6 is 0 Å². The molecule has 1 unspecified atom stereocenters. The predicted octanol–water partition coefficient (Wildman–Crippen LogP) is 1.51. The van der Waals surface area contributed by atoms with Gasteiger partial charge in [0.25, 0.3) is 5.91 Å². The highest BCUT2D eigenvalue weighted by Crippen LogP contribution is 2.33. The van der Waals surface area contributed by atoms with Gasteiger partial charge in [0.05, 0.1) is 36.7 Å². The van der Waals surface area contributed by atoms with E-state index in [0.29, 0.717) is 25.2 Å². The van der Waals surface area contributed by atoms with E-state index in [-0.39, 0.29) is 24.1 Å². The number of aliphatic hydroxyl groups is 1. The summed E-state index contributed by atoms with van der Waals surface area (Å²) in [5.74, 6) is -0.314. The summed E-state index contributed by atoms with van der Waals surface area (Å²) in [5, 5.41) is 14.2. The average Bonchev–Trinajstić information content (AvgIpc) is 2.97. The summed E-state index contributed by atoms with van der Waals surface area (Å²) in [6.45, 7) is 10.2. The number of amides is 2. The SMILES string of the molecule is C[C@H]1Cn2ncc(N3C(=O)C(O)C[C@@H]3C)c2CN1C(=O)OC(C)(C)C. The van der Waals surface area contributed by atoms with Crippen LogP contribution in [0.5, 0.6) is 0 Å². The number of nitrogens with zero attached hydrogens (tertiary/aromatic N) is 4. The molecule has 2 amide bonds. The first kappa shape index (κ1) is 17.7. The summed E-state index contributed by atoms with van der Waals surface area (Å²) in [5.41, 5.74) is 0.883. The Hall–Kier alpha value is -2.09. The zero-order valence-electron chi connectivity index (χ0n) is 15.4. The third-order valence-corrected chi connectivity index (χ3v) is 4.63. The van der Waals surface area contributed by atoms with E-state index in [1.807, 2.05) is 39.3 Å². The third kappa shape index (κ3) is 3.22. The number of ether oxygens (including phenoxy) is 1. The van der Waals surface area contributed by atoms with Crippen molar-refractivity contribution in [2.45, 2.75) is 77.9 Å². The molecule has 1 saturated heterocycles. The van der Waals surface area contributed by atoms with Crippen molar-refractivity contribution in [3.8, 4) is 0 Å². The zero-order chi connectivity index (χ0) is 18.5. The average molecular weight is 350 g/mol. The second kappa shape index (κ2) is 6.01. The second-order valence-electron chi connectivity index (χ2n) is 7.92. The monoisotopic (exact) mass is 350 g/mol. The first-order valence-corrected chi connectivity index (χ1v) is 8.64. The Balaban J connectivity index is 1.88. The minimum atomic E-state index is -0.977. The normalized spacial score (nSPS) is 26.8. The standard InChI is InChI=1S/C17H26N4O4/c1-10-6-14(22)15(23)21(10)12-7-18-20-8-11(2)19(9-13(12)20)16(24)25-17(3,4)5/h7,10-11,14,22H,6,8-9H2,1-5H3/t10-,11-,14?/m0/s1. The van der Waals surface area contributed by atoms with Crippen LogP contribution in [0.1, 0.15) is 46.7 Å². The fourth-order valence-corrected chi connectivity index (χ4v) is 3.42. The van der Waals surface area contributed by atoms with Gasteiger partial charge in [0.1, 0.15) is 11.7 Å². The van der Waals surface area contributed by atoms with Crippen molar-refractivity contribution < 1.29 is 19.4 Å². The summed E-state index contributed by atoms with van der Waals surface area (Å²) in [6.07, 6.45) is 0.692. The van der Waals surface area contributed by atoms with Gasteiger partial charge >= 0.3 is 6.09 Å². The van der Waals surface area contributed by atoms with E-state index in [4.69, 9.17) is 4.74 Å². The number of hydrogen-bond donors (Lipinski definition) is 1. The van der Waals surface area contributed by atoms with Gasteiger partial charge in [0.15, 0.2) is 0 Å². The Kier molecular flexibility index (Phi) is 4.26. The van der Waals surface area contributed by atoms with Crippen LogP contribution in [-0.4, -0.2) is 55.6 Å². The Bertz CT molecular complexity index is 693. The van der Waals surface area contributed by atoms with E-state index in [0.717, 1.165) is 5.69 Å². The van der Waals surface area contributed by atoms with E-state index < -0.39 is 11.7 Å². The van der Waals surface area contributed by atoms with Crippen molar-refractivity contribution in [2.24, 2.45) is 0 Å². The number of carbonyl (C=O) groups is 2. The van der Waals surface area contributed by atoms with Crippen LogP contribution < -0.4 is 4.90 Å². The lowest BCUT2D eigenvalue weighted by Gasteiger charge is -2.36. The molecule has 1 aromatic heterocycles. The molecule has 0 radical (unpaired) electrons. The molecular formula is C17H26N4O4. The molecule has 0 bridgehead atoms. The van der Waals surface area contributed by atoms with Crippen molar-refractivity contribution in [3.63, 3.8) is 0 Å². The van der Waals surface area contributed by atoms with Crippen LogP contribution in [0.15, 0.2) is 6.20 Å². The molecule has 8 heteroatoms. The quantitative estimate of drug-likeness (QED) is 0.829. The van der Waals surface area contributed by atoms with Gasteiger partial charge in [-0.3, -0.25) is 14.4 Å². The number of aromatic nitrogens is 2. The molecular weight excluding hydrogens is 324 g/mol. The molecule has 3 heterocycles. The van der Waals surface area contributed by atoms with Crippen molar-refractivity contribution in [3.05, 3.63) is 11.9 Å². The molecule has 138 valence electrons. The second-order valence-corrected chi connectivity index (χ2v) is 7.92. The van der Waals surface area contributed by atoms with E-state index in [2.05, 4.69) is 5.10 Å². The molecule has 0 aliphatic carbocycles. The molecule has 2 aliphatic heterocycles. The van der Waals surface area contributed by atoms with E-state index in [1.165, 1.54) is 0 Å². The van der Waals surface area contributed by atoms with E-state index in [1.54, 1.807) is 16.0 Å². The van der Waals surface area contributed by atoms with Gasteiger partial charge in [-0.25, -0.2) is 4.79 Å². The third-order valence-electron chi connectivity index (χ3n) is 4.63. The van der Waals surface area contributed by atoms with Gasteiger partial charge in [-0.15, -0.1) is 0 Å².